The number of sulfonamides is 1. The molecule has 9 heteroatoms. The van der Waals surface area contributed by atoms with Crippen LogP contribution in [0.25, 0.3) is 11.0 Å². The van der Waals surface area contributed by atoms with Crippen LogP contribution in [-0.2, 0) is 22.3 Å². The van der Waals surface area contributed by atoms with E-state index in [1.807, 2.05) is 19.1 Å². The van der Waals surface area contributed by atoms with Gasteiger partial charge in [-0.3, -0.25) is 0 Å². The van der Waals surface area contributed by atoms with Gasteiger partial charge in [0.1, 0.15) is 5.76 Å². The number of aromatic nitrogens is 3. The van der Waals surface area contributed by atoms with Gasteiger partial charge in [-0.25, -0.2) is 13.4 Å². The van der Waals surface area contributed by atoms with Crippen molar-refractivity contribution in [3.63, 3.8) is 0 Å². The minimum absolute atomic E-state index is 0.325. The van der Waals surface area contributed by atoms with Crippen molar-refractivity contribution in [2.45, 2.75) is 55.5 Å². The number of imidazole rings is 1. The third-order valence-electron chi connectivity index (χ3n) is 4.98. The Morgan fingerprint density at radius 3 is 2.64 bits per heavy atom. The molecular formula is C19H24N4O3S2. The zero-order valence-corrected chi connectivity index (χ0v) is 17.7. The minimum Gasteiger partial charge on any atom is -0.361 e. The number of nitrogens with zero attached hydrogens (tertiary/aromatic N) is 4. The van der Waals surface area contributed by atoms with E-state index in [2.05, 4.69) is 16.6 Å². The van der Waals surface area contributed by atoms with Gasteiger partial charge in [0.15, 0.2) is 5.16 Å². The van der Waals surface area contributed by atoms with Crippen LogP contribution < -0.4 is 0 Å². The lowest BCUT2D eigenvalue weighted by Gasteiger charge is -2.25. The molecule has 1 aromatic carbocycles. The van der Waals surface area contributed by atoms with Crippen molar-refractivity contribution in [1.82, 2.24) is 19.0 Å². The van der Waals surface area contributed by atoms with Gasteiger partial charge in [0.25, 0.3) is 0 Å². The summed E-state index contributed by atoms with van der Waals surface area (Å²) in [7, 11) is -3.46. The van der Waals surface area contributed by atoms with Crippen LogP contribution >= 0.6 is 11.8 Å². The molecule has 0 radical (unpaired) electrons. The first kappa shape index (κ1) is 19.5. The van der Waals surface area contributed by atoms with Gasteiger partial charge >= 0.3 is 0 Å². The van der Waals surface area contributed by atoms with E-state index in [9.17, 15) is 8.42 Å². The van der Waals surface area contributed by atoms with E-state index in [4.69, 9.17) is 9.51 Å². The Morgan fingerprint density at radius 2 is 1.96 bits per heavy atom. The van der Waals surface area contributed by atoms with Gasteiger partial charge in [0.2, 0.25) is 10.0 Å². The van der Waals surface area contributed by atoms with E-state index < -0.39 is 10.0 Å². The predicted molar refractivity (Wildman–Crippen MR) is 109 cm³/mol. The molecule has 28 heavy (non-hydrogen) atoms. The first-order valence-corrected chi connectivity index (χ1v) is 12.0. The summed E-state index contributed by atoms with van der Waals surface area (Å²) in [4.78, 5) is 5.03. The number of aryl methyl sites for hydroxylation is 2. The lowest BCUT2D eigenvalue weighted by Crippen LogP contribution is -2.35. The molecule has 1 aliphatic rings. The maximum absolute atomic E-state index is 13.0. The van der Waals surface area contributed by atoms with Crippen LogP contribution in [0.4, 0.5) is 0 Å². The molecule has 1 saturated heterocycles. The Balaban J connectivity index is 1.64. The number of hydrogen-bond acceptors (Lipinski definition) is 6. The van der Waals surface area contributed by atoms with Crippen LogP contribution in [-0.4, -0.2) is 40.5 Å². The smallest absolute Gasteiger partial charge is 0.243 e. The van der Waals surface area contributed by atoms with Crippen molar-refractivity contribution in [3.8, 4) is 0 Å². The van der Waals surface area contributed by atoms with Gasteiger partial charge in [0, 0.05) is 31.5 Å². The highest BCUT2D eigenvalue weighted by Gasteiger charge is 2.26. The van der Waals surface area contributed by atoms with E-state index in [1.54, 1.807) is 28.2 Å². The fourth-order valence-corrected chi connectivity index (χ4v) is 6.04. The molecule has 0 spiro atoms. The number of hydrogen-bond donors (Lipinski definition) is 0. The molecule has 1 aliphatic heterocycles. The molecule has 0 bridgehead atoms. The van der Waals surface area contributed by atoms with Gasteiger partial charge < -0.3 is 9.09 Å². The van der Waals surface area contributed by atoms with Gasteiger partial charge in [0.05, 0.1) is 21.6 Å². The third kappa shape index (κ3) is 3.70. The summed E-state index contributed by atoms with van der Waals surface area (Å²) >= 11 is 1.57. The Bertz CT molecular complexity index is 1080. The van der Waals surface area contributed by atoms with Crippen LogP contribution in [0.1, 0.15) is 37.6 Å². The lowest BCUT2D eigenvalue weighted by atomic mass is 10.2. The number of fused-ring (bicyclic) bond motifs is 1. The van der Waals surface area contributed by atoms with Crippen molar-refractivity contribution < 1.29 is 12.9 Å². The molecule has 1 fully saturated rings. The summed E-state index contributed by atoms with van der Waals surface area (Å²) in [5, 5.41) is 4.87. The maximum Gasteiger partial charge on any atom is 0.243 e. The zero-order valence-electron chi connectivity index (χ0n) is 16.1. The number of rotatable bonds is 6. The van der Waals surface area contributed by atoms with Gasteiger partial charge in [-0.05, 0) is 44.9 Å². The highest BCUT2D eigenvalue weighted by atomic mass is 32.2. The highest BCUT2D eigenvalue weighted by Crippen LogP contribution is 2.29. The van der Waals surface area contributed by atoms with E-state index in [1.165, 1.54) is 0 Å². The summed E-state index contributed by atoms with van der Waals surface area (Å²) in [6.45, 7) is 5.88. The van der Waals surface area contributed by atoms with Crippen LogP contribution in [0.2, 0.25) is 0 Å². The molecule has 3 heterocycles. The van der Waals surface area contributed by atoms with E-state index in [0.29, 0.717) is 29.3 Å². The van der Waals surface area contributed by atoms with Crippen LogP contribution in [0.5, 0.6) is 0 Å². The fraction of sp³-hybridized carbons (Fsp3) is 0.474. The highest BCUT2D eigenvalue weighted by molar-refractivity contribution is 7.98. The van der Waals surface area contributed by atoms with Gasteiger partial charge in [-0.15, -0.1) is 0 Å². The van der Waals surface area contributed by atoms with Crippen molar-refractivity contribution in [1.29, 1.82) is 0 Å². The normalized spacial score (nSPS) is 16.1. The number of piperidine rings is 1. The fourth-order valence-electron chi connectivity index (χ4n) is 3.54. The molecule has 3 aromatic rings. The van der Waals surface area contributed by atoms with Crippen LogP contribution in [0.3, 0.4) is 0 Å². The second kappa shape index (κ2) is 7.88. The summed E-state index contributed by atoms with van der Waals surface area (Å²) in [6.07, 6.45) is 2.94. The van der Waals surface area contributed by atoms with Crippen molar-refractivity contribution in [2.75, 3.05) is 13.1 Å². The first-order valence-electron chi connectivity index (χ1n) is 9.54. The third-order valence-corrected chi connectivity index (χ3v) is 7.88. The maximum atomic E-state index is 13.0. The molecule has 0 amide bonds. The van der Waals surface area contributed by atoms with E-state index in [-0.39, 0.29) is 0 Å². The number of thioether (sulfide) groups is 1. The van der Waals surface area contributed by atoms with Crippen molar-refractivity contribution in [2.24, 2.45) is 0 Å². The summed E-state index contributed by atoms with van der Waals surface area (Å²) < 4.78 is 34.8. The second-order valence-corrected chi connectivity index (χ2v) is 9.85. The predicted octanol–water partition coefficient (Wildman–Crippen LogP) is 3.82. The zero-order chi connectivity index (χ0) is 19.7. The Labute approximate surface area is 169 Å². The molecule has 150 valence electrons. The monoisotopic (exact) mass is 420 g/mol. The van der Waals surface area contributed by atoms with Crippen molar-refractivity contribution >= 4 is 32.8 Å². The Hall–Kier alpha value is -1.84. The SMILES string of the molecule is CCn1c(SCc2cc(C)on2)nc2cc(S(=O)(=O)N3CCCCC3)ccc21. The quantitative estimate of drug-likeness (QED) is 0.564. The molecule has 0 aliphatic carbocycles. The second-order valence-electron chi connectivity index (χ2n) is 6.97. The molecule has 4 rings (SSSR count). The van der Waals surface area contributed by atoms with Gasteiger partial charge in [-0.2, -0.15) is 4.31 Å². The minimum atomic E-state index is -3.46. The van der Waals surface area contributed by atoms with E-state index in [0.717, 1.165) is 47.9 Å². The summed E-state index contributed by atoms with van der Waals surface area (Å²) in [5.41, 5.74) is 2.52. The summed E-state index contributed by atoms with van der Waals surface area (Å²) in [6, 6.07) is 7.19. The Kier molecular flexibility index (Phi) is 5.48. The average Bonchev–Trinajstić information content (AvgIpc) is 3.28. The van der Waals surface area contributed by atoms with Crippen LogP contribution in [0, 0.1) is 6.92 Å². The van der Waals surface area contributed by atoms with Crippen LogP contribution in [0.15, 0.2) is 38.8 Å². The molecule has 7 nitrogen and oxygen atoms in total. The molecule has 0 N–H and O–H groups in total. The molecule has 2 aromatic heterocycles. The van der Waals surface area contributed by atoms with Crippen molar-refractivity contribution in [3.05, 3.63) is 35.7 Å². The summed E-state index contributed by atoms with van der Waals surface area (Å²) in [5.74, 6) is 1.44. The lowest BCUT2D eigenvalue weighted by molar-refractivity contribution is 0.346. The topological polar surface area (TPSA) is 81.2 Å². The molecule has 0 unspecified atom stereocenters. The number of benzene rings is 1. The Morgan fingerprint density at radius 1 is 1.18 bits per heavy atom. The first-order chi connectivity index (χ1) is 13.5. The molecule has 0 saturated carbocycles. The molecular weight excluding hydrogens is 396 g/mol. The molecule has 0 atom stereocenters. The van der Waals surface area contributed by atoms with E-state index >= 15 is 0 Å². The largest absolute Gasteiger partial charge is 0.361 e. The van der Waals surface area contributed by atoms with Gasteiger partial charge in [-0.1, -0.05) is 23.3 Å². The average molecular weight is 421 g/mol. The standard InChI is InChI=1S/C19H24N4O3S2/c1-3-23-18-8-7-16(28(24,25)22-9-5-4-6-10-22)12-17(18)20-19(23)27-13-15-11-14(2)26-21-15/h7-8,11-12H,3-6,9-10,13H2,1-2H3.